The first kappa shape index (κ1) is 8.30. The summed E-state index contributed by atoms with van der Waals surface area (Å²) in [5.41, 5.74) is 2.46. The number of amides is 1. The molecule has 1 aromatic carbocycles. The highest BCUT2D eigenvalue weighted by Gasteiger charge is 2.35. The molecule has 1 amide bonds. The van der Waals surface area contributed by atoms with Crippen molar-refractivity contribution in [2.45, 2.75) is 19.9 Å². The molecule has 0 saturated carbocycles. The molecule has 2 atom stereocenters. The SMILES string of the molecule is Cc1ccc([C@H]2NC(=O)[C@H]2C)cc1. The van der Waals surface area contributed by atoms with E-state index in [9.17, 15) is 4.79 Å². The molecule has 1 aliphatic heterocycles. The van der Waals surface area contributed by atoms with Gasteiger partial charge in [-0.1, -0.05) is 36.8 Å². The first-order chi connectivity index (χ1) is 6.18. The van der Waals surface area contributed by atoms with Crippen LogP contribution in [-0.2, 0) is 4.79 Å². The van der Waals surface area contributed by atoms with Crippen LogP contribution in [0, 0.1) is 12.8 Å². The van der Waals surface area contributed by atoms with Crippen LogP contribution in [0.1, 0.15) is 24.1 Å². The van der Waals surface area contributed by atoms with Crippen molar-refractivity contribution in [1.29, 1.82) is 0 Å². The Balaban J connectivity index is 2.18. The lowest BCUT2D eigenvalue weighted by Gasteiger charge is -2.34. The molecule has 68 valence electrons. The number of rotatable bonds is 1. The van der Waals surface area contributed by atoms with E-state index >= 15 is 0 Å². The Labute approximate surface area is 78.0 Å². The predicted molar refractivity (Wildman–Crippen MR) is 51.2 cm³/mol. The highest BCUT2D eigenvalue weighted by molar-refractivity contribution is 5.85. The van der Waals surface area contributed by atoms with Gasteiger partial charge in [0, 0.05) is 0 Å². The quantitative estimate of drug-likeness (QED) is 0.648. The summed E-state index contributed by atoms with van der Waals surface area (Å²) in [5.74, 6) is 0.285. The number of benzene rings is 1. The third-order valence-electron chi connectivity index (χ3n) is 2.65. The number of hydrogen-bond donors (Lipinski definition) is 1. The van der Waals surface area contributed by atoms with Crippen molar-refractivity contribution < 1.29 is 4.79 Å². The summed E-state index contributed by atoms with van der Waals surface area (Å²) in [6.45, 7) is 4.02. The molecule has 2 heteroatoms. The zero-order valence-electron chi connectivity index (χ0n) is 7.87. The maximum atomic E-state index is 11.0. The Morgan fingerprint density at radius 3 is 2.31 bits per heavy atom. The fourth-order valence-corrected chi connectivity index (χ4v) is 1.61. The zero-order chi connectivity index (χ0) is 9.42. The smallest absolute Gasteiger partial charge is 0.225 e. The van der Waals surface area contributed by atoms with E-state index in [-0.39, 0.29) is 17.9 Å². The fourth-order valence-electron chi connectivity index (χ4n) is 1.61. The molecular formula is C11H13NO. The molecule has 0 radical (unpaired) electrons. The largest absolute Gasteiger partial charge is 0.348 e. The van der Waals surface area contributed by atoms with Crippen LogP contribution in [0.2, 0.25) is 0 Å². The highest BCUT2D eigenvalue weighted by Crippen LogP contribution is 2.29. The summed E-state index contributed by atoms with van der Waals surface area (Å²) in [6, 6.07) is 8.54. The second-order valence-electron chi connectivity index (χ2n) is 3.69. The molecule has 0 unspecified atom stereocenters. The van der Waals surface area contributed by atoms with Gasteiger partial charge in [-0.2, -0.15) is 0 Å². The van der Waals surface area contributed by atoms with E-state index in [1.165, 1.54) is 11.1 Å². The second-order valence-corrected chi connectivity index (χ2v) is 3.69. The minimum Gasteiger partial charge on any atom is -0.348 e. The third kappa shape index (κ3) is 1.32. The Hall–Kier alpha value is -1.31. The van der Waals surface area contributed by atoms with Crippen molar-refractivity contribution in [2.75, 3.05) is 0 Å². The minimum absolute atomic E-state index is 0.128. The van der Waals surface area contributed by atoms with Crippen LogP contribution in [0.25, 0.3) is 0 Å². The summed E-state index contributed by atoms with van der Waals surface area (Å²) in [6.07, 6.45) is 0. The van der Waals surface area contributed by atoms with Crippen LogP contribution in [0.15, 0.2) is 24.3 Å². The third-order valence-corrected chi connectivity index (χ3v) is 2.65. The molecule has 1 aliphatic rings. The monoisotopic (exact) mass is 175 g/mol. The zero-order valence-corrected chi connectivity index (χ0v) is 7.87. The molecule has 0 aromatic heterocycles. The van der Waals surface area contributed by atoms with Crippen LogP contribution in [0.4, 0.5) is 0 Å². The van der Waals surface area contributed by atoms with Gasteiger partial charge in [-0.15, -0.1) is 0 Å². The van der Waals surface area contributed by atoms with Crippen LogP contribution < -0.4 is 5.32 Å². The number of carbonyl (C=O) groups excluding carboxylic acids is 1. The Morgan fingerprint density at radius 2 is 1.85 bits per heavy atom. The number of carbonyl (C=O) groups is 1. The van der Waals surface area contributed by atoms with E-state index in [0.29, 0.717) is 0 Å². The average molecular weight is 175 g/mol. The number of hydrogen-bond acceptors (Lipinski definition) is 1. The minimum atomic E-state index is 0.128. The maximum Gasteiger partial charge on any atom is 0.225 e. The summed E-state index contributed by atoms with van der Waals surface area (Å²) in [5, 5.41) is 2.89. The van der Waals surface area contributed by atoms with Gasteiger partial charge in [-0.25, -0.2) is 0 Å². The topological polar surface area (TPSA) is 29.1 Å². The molecule has 1 saturated heterocycles. The standard InChI is InChI=1S/C11H13NO/c1-7-3-5-9(6-4-7)10-8(2)11(13)12-10/h3-6,8,10H,1-2H3,(H,12,13)/t8-,10-/m0/s1. The van der Waals surface area contributed by atoms with Crippen molar-refractivity contribution in [3.8, 4) is 0 Å². The molecule has 1 fully saturated rings. The van der Waals surface area contributed by atoms with Crippen LogP contribution in [0.5, 0.6) is 0 Å². The van der Waals surface area contributed by atoms with Gasteiger partial charge >= 0.3 is 0 Å². The van der Waals surface area contributed by atoms with Gasteiger partial charge < -0.3 is 5.32 Å². The lowest BCUT2D eigenvalue weighted by molar-refractivity contribution is -0.134. The fraction of sp³-hybridized carbons (Fsp3) is 0.364. The van der Waals surface area contributed by atoms with Crippen molar-refractivity contribution in [3.63, 3.8) is 0 Å². The van der Waals surface area contributed by atoms with Crippen LogP contribution >= 0.6 is 0 Å². The van der Waals surface area contributed by atoms with Crippen molar-refractivity contribution in [3.05, 3.63) is 35.4 Å². The van der Waals surface area contributed by atoms with Gasteiger partial charge in [0.05, 0.1) is 12.0 Å². The molecule has 0 spiro atoms. The molecule has 1 heterocycles. The van der Waals surface area contributed by atoms with E-state index < -0.39 is 0 Å². The lowest BCUT2D eigenvalue weighted by Crippen LogP contribution is -2.49. The van der Waals surface area contributed by atoms with Gasteiger partial charge in [-0.3, -0.25) is 4.79 Å². The number of aryl methyl sites for hydroxylation is 1. The summed E-state index contributed by atoms with van der Waals surface area (Å²) < 4.78 is 0. The Morgan fingerprint density at radius 1 is 1.23 bits per heavy atom. The van der Waals surface area contributed by atoms with Crippen molar-refractivity contribution in [2.24, 2.45) is 5.92 Å². The lowest BCUT2D eigenvalue weighted by atomic mass is 9.86. The molecule has 2 nitrogen and oxygen atoms in total. The molecule has 0 bridgehead atoms. The molecule has 1 N–H and O–H groups in total. The highest BCUT2D eigenvalue weighted by atomic mass is 16.2. The van der Waals surface area contributed by atoms with E-state index in [1.807, 2.05) is 6.92 Å². The molecule has 13 heavy (non-hydrogen) atoms. The number of β-lactam (4-membered cyclic amide) rings is 1. The number of nitrogens with one attached hydrogen (secondary N) is 1. The Bertz CT molecular complexity index is 328. The normalized spacial score (nSPS) is 26.5. The van der Waals surface area contributed by atoms with Gasteiger partial charge in [0.2, 0.25) is 5.91 Å². The van der Waals surface area contributed by atoms with Gasteiger partial charge in [-0.05, 0) is 12.5 Å². The molecule has 2 rings (SSSR count). The molecule has 0 aliphatic carbocycles. The van der Waals surface area contributed by atoms with Crippen molar-refractivity contribution >= 4 is 5.91 Å². The van der Waals surface area contributed by atoms with Gasteiger partial charge in [0.1, 0.15) is 0 Å². The maximum absolute atomic E-state index is 11.0. The van der Waals surface area contributed by atoms with E-state index in [0.717, 1.165) is 0 Å². The second kappa shape index (κ2) is 2.87. The summed E-state index contributed by atoms with van der Waals surface area (Å²) >= 11 is 0. The van der Waals surface area contributed by atoms with Crippen LogP contribution in [-0.4, -0.2) is 5.91 Å². The summed E-state index contributed by atoms with van der Waals surface area (Å²) in [4.78, 5) is 11.0. The first-order valence-corrected chi connectivity index (χ1v) is 4.55. The van der Waals surface area contributed by atoms with E-state index in [4.69, 9.17) is 0 Å². The molecule has 1 aromatic rings. The molecular weight excluding hydrogens is 162 g/mol. The first-order valence-electron chi connectivity index (χ1n) is 4.55. The van der Waals surface area contributed by atoms with Crippen molar-refractivity contribution in [1.82, 2.24) is 5.32 Å². The van der Waals surface area contributed by atoms with E-state index in [2.05, 4.69) is 36.5 Å². The van der Waals surface area contributed by atoms with Gasteiger partial charge in [0.15, 0.2) is 0 Å². The summed E-state index contributed by atoms with van der Waals surface area (Å²) in [7, 11) is 0. The van der Waals surface area contributed by atoms with E-state index in [1.54, 1.807) is 0 Å². The Kier molecular flexibility index (Phi) is 1.83. The average Bonchev–Trinajstić information content (AvgIpc) is 2.15. The predicted octanol–water partition coefficient (Wildman–Crippen LogP) is 1.80. The van der Waals surface area contributed by atoms with Crippen LogP contribution in [0.3, 0.4) is 0 Å². The van der Waals surface area contributed by atoms with Gasteiger partial charge in [0.25, 0.3) is 0 Å².